The molecule has 0 radical (unpaired) electrons. The van der Waals surface area contributed by atoms with Crippen LogP contribution in [0, 0.1) is 0 Å². The van der Waals surface area contributed by atoms with Crippen molar-refractivity contribution in [2.45, 2.75) is 43.8 Å². The van der Waals surface area contributed by atoms with E-state index < -0.39 is 37.7 Å². The molecule has 0 aromatic heterocycles. The quantitative estimate of drug-likeness (QED) is 0.651. The Morgan fingerprint density at radius 1 is 1.13 bits per heavy atom. The van der Waals surface area contributed by atoms with Crippen LogP contribution in [0.3, 0.4) is 0 Å². The lowest BCUT2D eigenvalue weighted by atomic mass is 10.00. The zero-order valence-corrected chi connectivity index (χ0v) is 12.9. The molecule has 132 valence electrons. The van der Waals surface area contributed by atoms with Gasteiger partial charge in [-0.05, 0) is 30.5 Å². The molecule has 0 heterocycles. The van der Waals surface area contributed by atoms with Crippen molar-refractivity contribution >= 4 is 0 Å². The van der Waals surface area contributed by atoms with E-state index >= 15 is 0 Å². The summed E-state index contributed by atoms with van der Waals surface area (Å²) in [5.41, 5.74) is -3.17. The smallest absolute Gasteiger partial charge is 0.315 e. The Morgan fingerprint density at radius 3 is 2.30 bits per heavy atom. The first kappa shape index (κ1) is 19.7. The van der Waals surface area contributed by atoms with E-state index in [-0.39, 0.29) is 12.2 Å². The van der Waals surface area contributed by atoms with E-state index in [2.05, 4.69) is 4.74 Å². The number of benzene rings is 1. The van der Waals surface area contributed by atoms with E-state index in [0.29, 0.717) is 12.0 Å². The van der Waals surface area contributed by atoms with Crippen molar-refractivity contribution in [1.82, 2.24) is 0 Å². The van der Waals surface area contributed by atoms with Crippen LogP contribution >= 0.6 is 0 Å². The molecule has 2 nitrogen and oxygen atoms in total. The van der Waals surface area contributed by atoms with E-state index in [1.54, 1.807) is 6.07 Å². The Morgan fingerprint density at radius 2 is 1.78 bits per heavy atom. The van der Waals surface area contributed by atoms with Crippen molar-refractivity contribution in [2.24, 2.45) is 0 Å². The standard InChI is InChI=1S/C16H21F5O2/c1-2-4-13(22)7-12-5-3-6-14(8-12)23-16(21,11-19)15(20,9-17)10-18/h3,5-6,8,13,22H,2,4,7,9-11H2,1H3. The van der Waals surface area contributed by atoms with Gasteiger partial charge < -0.3 is 9.84 Å². The third-order valence-corrected chi connectivity index (χ3v) is 3.54. The van der Waals surface area contributed by atoms with Crippen molar-refractivity contribution in [3.63, 3.8) is 0 Å². The molecule has 0 spiro atoms. The third kappa shape index (κ3) is 4.80. The SMILES string of the molecule is CCCC(O)Cc1cccc(OC(F)(CF)C(F)(CF)CF)c1. The normalized spacial score (nSPS) is 16.0. The van der Waals surface area contributed by atoms with Crippen LogP contribution in [0.15, 0.2) is 24.3 Å². The molecule has 2 atom stereocenters. The van der Waals surface area contributed by atoms with Crippen LogP contribution in [0.25, 0.3) is 0 Å². The molecule has 1 N–H and O–H groups in total. The first-order valence-electron chi connectivity index (χ1n) is 7.36. The van der Waals surface area contributed by atoms with E-state index in [0.717, 1.165) is 6.42 Å². The second kappa shape index (κ2) is 8.47. The minimum Gasteiger partial charge on any atom is -0.452 e. The molecular formula is C16H21F5O2. The maximum absolute atomic E-state index is 14.3. The van der Waals surface area contributed by atoms with Gasteiger partial charge in [-0.25, -0.2) is 17.6 Å². The lowest BCUT2D eigenvalue weighted by molar-refractivity contribution is -0.197. The van der Waals surface area contributed by atoms with Crippen LogP contribution in [0.5, 0.6) is 5.75 Å². The van der Waals surface area contributed by atoms with Crippen LogP contribution < -0.4 is 4.74 Å². The fourth-order valence-corrected chi connectivity index (χ4v) is 2.10. The Kier molecular flexibility index (Phi) is 7.25. The highest BCUT2D eigenvalue weighted by atomic mass is 19.2. The molecule has 0 saturated heterocycles. The van der Waals surface area contributed by atoms with Gasteiger partial charge in [0.25, 0.3) is 0 Å². The topological polar surface area (TPSA) is 29.5 Å². The predicted molar refractivity (Wildman–Crippen MR) is 77.3 cm³/mol. The molecule has 0 aliphatic carbocycles. The fourth-order valence-electron chi connectivity index (χ4n) is 2.10. The number of halogens is 5. The second-order valence-corrected chi connectivity index (χ2v) is 5.49. The molecule has 0 bridgehead atoms. The molecular weight excluding hydrogens is 319 g/mol. The second-order valence-electron chi connectivity index (χ2n) is 5.49. The molecule has 0 saturated carbocycles. The Bertz CT molecular complexity index is 481. The van der Waals surface area contributed by atoms with E-state index in [1.807, 2.05) is 6.92 Å². The van der Waals surface area contributed by atoms with E-state index in [9.17, 15) is 27.1 Å². The zero-order chi connectivity index (χ0) is 17.5. The number of aliphatic hydroxyl groups is 1. The molecule has 2 unspecified atom stereocenters. The summed E-state index contributed by atoms with van der Waals surface area (Å²) in [6.07, 6.45) is 0.945. The number of hydrogen-bond donors (Lipinski definition) is 1. The van der Waals surface area contributed by atoms with Crippen LogP contribution in [-0.4, -0.2) is 42.8 Å². The summed E-state index contributed by atoms with van der Waals surface area (Å²) >= 11 is 0. The summed E-state index contributed by atoms with van der Waals surface area (Å²) in [5.74, 6) is -4.03. The zero-order valence-electron chi connectivity index (χ0n) is 12.9. The average molecular weight is 340 g/mol. The summed E-state index contributed by atoms with van der Waals surface area (Å²) in [6, 6.07) is 5.55. The number of alkyl halides is 5. The summed E-state index contributed by atoms with van der Waals surface area (Å²) in [7, 11) is 0. The van der Waals surface area contributed by atoms with Crippen LogP contribution in [0.2, 0.25) is 0 Å². The predicted octanol–water partition coefficient (Wildman–Crippen LogP) is 4.05. The number of ether oxygens (including phenoxy) is 1. The number of rotatable bonds is 10. The van der Waals surface area contributed by atoms with Gasteiger partial charge in [-0.3, -0.25) is 0 Å². The van der Waals surface area contributed by atoms with Crippen molar-refractivity contribution < 1.29 is 31.8 Å². The average Bonchev–Trinajstić information content (AvgIpc) is 2.54. The first-order valence-corrected chi connectivity index (χ1v) is 7.36. The summed E-state index contributed by atoms with van der Waals surface area (Å²) < 4.78 is 70.9. The van der Waals surface area contributed by atoms with Gasteiger partial charge in [-0.15, -0.1) is 0 Å². The number of aliphatic hydroxyl groups excluding tert-OH is 1. The van der Waals surface area contributed by atoms with Gasteiger partial charge in [0.15, 0.2) is 6.67 Å². The first-order chi connectivity index (χ1) is 10.8. The summed E-state index contributed by atoms with van der Waals surface area (Å²) in [5, 5.41) is 9.74. The van der Waals surface area contributed by atoms with Crippen LogP contribution in [-0.2, 0) is 6.42 Å². The van der Waals surface area contributed by atoms with Crippen LogP contribution in [0.4, 0.5) is 22.0 Å². The molecule has 23 heavy (non-hydrogen) atoms. The highest BCUT2D eigenvalue weighted by Gasteiger charge is 2.57. The minimum atomic E-state index is -3.77. The van der Waals surface area contributed by atoms with E-state index in [1.165, 1.54) is 18.2 Å². The fraction of sp³-hybridized carbons (Fsp3) is 0.625. The summed E-state index contributed by atoms with van der Waals surface area (Å²) in [4.78, 5) is 0. The summed E-state index contributed by atoms with van der Waals surface area (Å²) in [6.45, 7) is -4.26. The van der Waals surface area contributed by atoms with E-state index in [4.69, 9.17) is 0 Å². The van der Waals surface area contributed by atoms with Crippen molar-refractivity contribution in [3.8, 4) is 5.75 Å². The molecule has 1 aromatic rings. The van der Waals surface area contributed by atoms with Crippen molar-refractivity contribution in [1.29, 1.82) is 0 Å². The third-order valence-electron chi connectivity index (χ3n) is 3.54. The molecule has 0 aliphatic rings. The molecule has 0 fully saturated rings. The van der Waals surface area contributed by atoms with Crippen molar-refractivity contribution in [2.75, 3.05) is 20.0 Å². The lowest BCUT2D eigenvalue weighted by Crippen LogP contribution is -2.56. The van der Waals surface area contributed by atoms with Crippen LogP contribution in [0.1, 0.15) is 25.3 Å². The molecule has 0 amide bonds. The largest absolute Gasteiger partial charge is 0.452 e. The number of hydrogen-bond acceptors (Lipinski definition) is 2. The van der Waals surface area contributed by atoms with Crippen molar-refractivity contribution in [3.05, 3.63) is 29.8 Å². The molecule has 1 rings (SSSR count). The Balaban J connectivity index is 2.94. The van der Waals surface area contributed by atoms with Gasteiger partial charge in [0.05, 0.1) is 6.10 Å². The highest BCUT2D eigenvalue weighted by molar-refractivity contribution is 5.30. The Hall–Kier alpha value is -1.37. The van der Waals surface area contributed by atoms with Gasteiger partial charge >= 0.3 is 5.85 Å². The molecule has 0 aliphatic heterocycles. The van der Waals surface area contributed by atoms with Gasteiger partial charge in [0.1, 0.15) is 19.1 Å². The minimum absolute atomic E-state index is 0.243. The monoisotopic (exact) mass is 340 g/mol. The van der Waals surface area contributed by atoms with Gasteiger partial charge in [0, 0.05) is 0 Å². The molecule has 1 aromatic carbocycles. The maximum atomic E-state index is 14.3. The highest BCUT2D eigenvalue weighted by Crippen LogP contribution is 2.35. The van der Waals surface area contributed by atoms with Gasteiger partial charge in [-0.2, -0.15) is 4.39 Å². The Labute approximate surface area is 132 Å². The van der Waals surface area contributed by atoms with Gasteiger partial charge in [-0.1, -0.05) is 25.5 Å². The maximum Gasteiger partial charge on any atom is 0.315 e. The van der Waals surface area contributed by atoms with Gasteiger partial charge in [0.2, 0.25) is 5.67 Å². The lowest BCUT2D eigenvalue weighted by Gasteiger charge is -2.33. The molecule has 7 heteroatoms.